The molecule has 1 aliphatic heterocycles. The maximum Gasteiger partial charge on any atom is 0.387 e. The Labute approximate surface area is 142 Å². The third-order valence-corrected chi connectivity index (χ3v) is 3.87. The van der Waals surface area contributed by atoms with E-state index < -0.39 is 24.1 Å². The molecule has 0 radical (unpaired) electrons. The number of nitrogens with one attached hydrogen (secondary N) is 1. The lowest BCUT2D eigenvalue weighted by Gasteiger charge is -2.12. The predicted octanol–water partition coefficient (Wildman–Crippen LogP) is 3.87. The summed E-state index contributed by atoms with van der Waals surface area (Å²) in [6.45, 7) is -0.532. The highest BCUT2D eigenvalue weighted by molar-refractivity contribution is 6.03. The number of alkyl halides is 2. The molecule has 1 fully saturated rings. The normalized spacial score (nSPS) is 14.9. The van der Waals surface area contributed by atoms with E-state index in [2.05, 4.69) is 15.0 Å². The average Bonchev–Trinajstić information content (AvgIpc) is 3.22. The summed E-state index contributed by atoms with van der Waals surface area (Å²) in [4.78, 5) is 14.4. The third kappa shape index (κ3) is 4.54. The number of ether oxygens (including phenoxy) is 1. The van der Waals surface area contributed by atoms with Crippen molar-refractivity contribution in [2.24, 2.45) is 0 Å². The number of benzene rings is 1. The summed E-state index contributed by atoms with van der Waals surface area (Å²) in [5.41, 5.74) is -0.0656. The minimum absolute atomic E-state index is 0.0431. The fourth-order valence-corrected chi connectivity index (χ4v) is 2.72. The van der Waals surface area contributed by atoms with Crippen LogP contribution in [0, 0.1) is 5.82 Å². The van der Waals surface area contributed by atoms with Crippen molar-refractivity contribution in [2.45, 2.75) is 26.0 Å². The molecule has 1 N–H and O–H groups in total. The molecular formula is C17H17F3N2O3. The van der Waals surface area contributed by atoms with Gasteiger partial charge >= 0.3 is 6.61 Å². The predicted molar refractivity (Wildman–Crippen MR) is 84.2 cm³/mol. The Kier molecular flexibility index (Phi) is 5.28. The highest BCUT2D eigenvalue weighted by Gasteiger charge is 2.18. The van der Waals surface area contributed by atoms with Crippen LogP contribution >= 0.6 is 0 Å². The number of halogens is 3. The van der Waals surface area contributed by atoms with E-state index in [1.165, 1.54) is 6.07 Å². The maximum absolute atomic E-state index is 13.2. The quantitative estimate of drug-likeness (QED) is 0.856. The standard InChI is InChI=1S/C17H17F3N2O3/c18-11-3-5-13(15(9-11)25-17(19)20)21-16(23)14-6-4-12(24-14)10-22-7-1-2-8-22/h3-6,9,17H,1-2,7-8,10H2,(H,21,23). The largest absolute Gasteiger partial charge is 0.455 e. The van der Waals surface area contributed by atoms with Gasteiger partial charge < -0.3 is 14.5 Å². The zero-order valence-corrected chi connectivity index (χ0v) is 13.3. The van der Waals surface area contributed by atoms with E-state index in [-0.39, 0.29) is 11.4 Å². The molecule has 1 saturated heterocycles. The van der Waals surface area contributed by atoms with Gasteiger partial charge in [-0.15, -0.1) is 0 Å². The SMILES string of the molecule is O=C(Nc1ccc(F)cc1OC(F)F)c1ccc(CN2CCCC2)o1. The van der Waals surface area contributed by atoms with E-state index in [1.54, 1.807) is 6.07 Å². The number of hydrogen-bond donors (Lipinski definition) is 1. The van der Waals surface area contributed by atoms with Crippen LogP contribution in [0.25, 0.3) is 0 Å². The first-order valence-corrected chi connectivity index (χ1v) is 7.88. The molecule has 1 amide bonds. The molecular weight excluding hydrogens is 337 g/mol. The highest BCUT2D eigenvalue weighted by atomic mass is 19.3. The van der Waals surface area contributed by atoms with Crippen molar-refractivity contribution in [3.8, 4) is 5.75 Å². The van der Waals surface area contributed by atoms with Gasteiger partial charge in [-0.2, -0.15) is 8.78 Å². The number of rotatable bonds is 6. The van der Waals surface area contributed by atoms with E-state index in [4.69, 9.17) is 4.42 Å². The Morgan fingerprint density at radius 1 is 1.24 bits per heavy atom. The van der Waals surface area contributed by atoms with Crippen LogP contribution in [0.4, 0.5) is 18.9 Å². The molecule has 0 bridgehead atoms. The Balaban J connectivity index is 1.69. The van der Waals surface area contributed by atoms with Gasteiger partial charge in [-0.1, -0.05) is 0 Å². The van der Waals surface area contributed by atoms with Gasteiger partial charge in [0.25, 0.3) is 5.91 Å². The van der Waals surface area contributed by atoms with Gasteiger partial charge in [-0.25, -0.2) is 4.39 Å². The zero-order chi connectivity index (χ0) is 17.8. The summed E-state index contributed by atoms with van der Waals surface area (Å²) in [6.07, 6.45) is 2.29. The lowest BCUT2D eigenvalue weighted by Crippen LogP contribution is -2.18. The average molecular weight is 354 g/mol. The van der Waals surface area contributed by atoms with Crippen LogP contribution in [0.3, 0.4) is 0 Å². The summed E-state index contributed by atoms with van der Waals surface area (Å²) in [7, 11) is 0. The lowest BCUT2D eigenvalue weighted by atomic mass is 10.2. The van der Waals surface area contributed by atoms with Crippen LogP contribution in [-0.4, -0.2) is 30.5 Å². The maximum atomic E-state index is 13.2. The molecule has 2 aromatic rings. The van der Waals surface area contributed by atoms with Crippen LogP contribution in [0.5, 0.6) is 5.75 Å². The molecule has 2 heterocycles. The molecule has 0 saturated carbocycles. The van der Waals surface area contributed by atoms with E-state index in [9.17, 15) is 18.0 Å². The molecule has 1 aromatic heterocycles. The lowest BCUT2D eigenvalue weighted by molar-refractivity contribution is -0.0495. The van der Waals surface area contributed by atoms with Gasteiger partial charge in [0.15, 0.2) is 11.5 Å². The van der Waals surface area contributed by atoms with Crippen LogP contribution in [0.2, 0.25) is 0 Å². The number of furan rings is 1. The van der Waals surface area contributed by atoms with Gasteiger partial charge in [0.2, 0.25) is 0 Å². The zero-order valence-electron chi connectivity index (χ0n) is 13.3. The topological polar surface area (TPSA) is 54.7 Å². The highest BCUT2D eigenvalue weighted by Crippen LogP contribution is 2.28. The molecule has 5 nitrogen and oxygen atoms in total. The summed E-state index contributed by atoms with van der Waals surface area (Å²) in [6, 6.07) is 6.18. The van der Waals surface area contributed by atoms with Crippen molar-refractivity contribution in [2.75, 3.05) is 18.4 Å². The monoisotopic (exact) mass is 354 g/mol. The van der Waals surface area contributed by atoms with Crippen molar-refractivity contribution in [1.29, 1.82) is 0 Å². The molecule has 25 heavy (non-hydrogen) atoms. The summed E-state index contributed by atoms with van der Waals surface area (Å²) in [5, 5.41) is 2.40. The van der Waals surface area contributed by atoms with Crippen LogP contribution in [-0.2, 0) is 6.54 Å². The van der Waals surface area contributed by atoms with Crippen molar-refractivity contribution < 1.29 is 27.1 Å². The molecule has 0 unspecified atom stereocenters. The van der Waals surface area contributed by atoms with Crippen LogP contribution in [0.1, 0.15) is 29.2 Å². The number of hydrogen-bond acceptors (Lipinski definition) is 4. The van der Waals surface area contributed by atoms with Crippen molar-refractivity contribution in [3.63, 3.8) is 0 Å². The van der Waals surface area contributed by atoms with Crippen molar-refractivity contribution >= 4 is 11.6 Å². The number of nitrogens with zero attached hydrogens (tertiary/aromatic N) is 1. The first kappa shape index (κ1) is 17.3. The Hall–Kier alpha value is -2.48. The molecule has 134 valence electrons. The molecule has 0 atom stereocenters. The summed E-state index contributed by atoms with van der Waals surface area (Å²) < 4.78 is 47.8. The molecule has 1 aromatic carbocycles. The molecule has 0 aliphatic carbocycles. The van der Waals surface area contributed by atoms with Crippen molar-refractivity contribution in [3.05, 3.63) is 47.7 Å². The molecule has 8 heteroatoms. The summed E-state index contributed by atoms with van der Waals surface area (Å²) in [5.74, 6) is -1.14. The van der Waals surface area contributed by atoms with E-state index >= 15 is 0 Å². The van der Waals surface area contributed by atoms with Crippen LogP contribution < -0.4 is 10.1 Å². The van der Waals surface area contributed by atoms with Gasteiger partial charge in [-0.3, -0.25) is 9.69 Å². The molecule has 1 aliphatic rings. The Bertz CT molecular complexity index is 742. The number of carbonyl (C=O) groups is 1. The van der Waals surface area contributed by atoms with Gasteiger partial charge in [0.1, 0.15) is 11.6 Å². The number of anilines is 1. The van der Waals surface area contributed by atoms with Crippen molar-refractivity contribution in [1.82, 2.24) is 4.90 Å². The third-order valence-electron chi connectivity index (χ3n) is 3.87. The fraction of sp³-hybridized carbons (Fsp3) is 0.353. The number of carbonyl (C=O) groups excluding carboxylic acids is 1. The molecule has 3 rings (SSSR count). The van der Waals surface area contributed by atoms with Gasteiger partial charge in [-0.05, 0) is 50.2 Å². The van der Waals surface area contributed by atoms with E-state index in [0.717, 1.165) is 44.1 Å². The minimum atomic E-state index is -3.13. The second-order valence-electron chi connectivity index (χ2n) is 5.72. The van der Waals surface area contributed by atoms with Crippen LogP contribution in [0.15, 0.2) is 34.7 Å². The molecule has 0 spiro atoms. The van der Waals surface area contributed by atoms with E-state index in [0.29, 0.717) is 12.3 Å². The first-order chi connectivity index (χ1) is 12.0. The fourth-order valence-electron chi connectivity index (χ4n) is 2.72. The first-order valence-electron chi connectivity index (χ1n) is 7.88. The number of likely N-dealkylation sites (tertiary alicyclic amines) is 1. The van der Waals surface area contributed by atoms with Gasteiger partial charge in [0, 0.05) is 6.07 Å². The Morgan fingerprint density at radius 2 is 2.00 bits per heavy atom. The van der Waals surface area contributed by atoms with Gasteiger partial charge in [0.05, 0.1) is 12.2 Å². The Morgan fingerprint density at radius 3 is 2.72 bits per heavy atom. The van der Waals surface area contributed by atoms with E-state index in [1.807, 2.05) is 0 Å². The second-order valence-corrected chi connectivity index (χ2v) is 5.72. The smallest absolute Gasteiger partial charge is 0.387 e. The summed E-state index contributed by atoms with van der Waals surface area (Å²) >= 11 is 0. The second kappa shape index (κ2) is 7.60. The number of amides is 1. The minimum Gasteiger partial charge on any atom is -0.455 e.